The van der Waals surface area contributed by atoms with Gasteiger partial charge in [-0.2, -0.15) is 0 Å². The largest absolute Gasteiger partial charge is 0.508 e. The van der Waals surface area contributed by atoms with Gasteiger partial charge in [0.15, 0.2) is 11.5 Å². The van der Waals surface area contributed by atoms with E-state index in [2.05, 4.69) is 13.0 Å². The van der Waals surface area contributed by atoms with Gasteiger partial charge in [-0.3, -0.25) is 0 Å². The van der Waals surface area contributed by atoms with Gasteiger partial charge in [0.1, 0.15) is 18.1 Å². The Hall–Kier alpha value is -3.40. The highest BCUT2D eigenvalue weighted by Crippen LogP contribution is 2.40. The zero-order valence-corrected chi connectivity index (χ0v) is 18.2. The molecule has 30 heavy (non-hydrogen) atoms. The van der Waals surface area contributed by atoms with Crippen LogP contribution in [0.5, 0.6) is 23.0 Å². The number of hydrogen-bond acceptors (Lipinski definition) is 4. The Bertz CT molecular complexity index is 1050. The first-order chi connectivity index (χ1) is 14.4. The first-order valence-electron chi connectivity index (χ1n) is 9.85. The lowest BCUT2D eigenvalue weighted by Crippen LogP contribution is -1.98. The van der Waals surface area contributed by atoms with Gasteiger partial charge in [0.05, 0.1) is 14.2 Å². The average Bonchev–Trinajstić information content (AvgIpc) is 2.74. The molecule has 156 valence electrons. The van der Waals surface area contributed by atoms with Crippen LogP contribution in [0.4, 0.5) is 0 Å². The van der Waals surface area contributed by atoms with E-state index < -0.39 is 0 Å². The van der Waals surface area contributed by atoms with E-state index in [9.17, 15) is 5.11 Å². The lowest BCUT2D eigenvalue weighted by molar-refractivity contribution is 0.326. The lowest BCUT2D eigenvalue weighted by atomic mass is 9.94. The third kappa shape index (κ3) is 4.77. The fourth-order valence-electron chi connectivity index (χ4n) is 3.29. The summed E-state index contributed by atoms with van der Waals surface area (Å²) in [6, 6.07) is 17.2. The molecule has 0 atom stereocenters. The van der Waals surface area contributed by atoms with Crippen LogP contribution >= 0.6 is 0 Å². The molecule has 4 nitrogen and oxygen atoms in total. The molecule has 0 saturated carbocycles. The first kappa shape index (κ1) is 21.3. The maximum absolute atomic E-state index is 9.57. The maximum atomic E-state index is 9.57. The van der Waals surface area contributed by atoms with Gasteiger partial charge in [0.25, 0.3) is 0 Å². The monoisotopic (exact) mass is 404 g/mol. The number of aryl methyl sites for hydroxylation is 1. The van der Waals surface area contributed by atoms with Crippen molar-refractivity contribution in [1.29, 1.82) is 0 Å². The minimum absolute atomic E-state index is 0.249. The Morgan fingerprint density at radius 1 is 0.800 bits per heavy atom. The summed E-state index contributed by atoms with van der Waals surface area (Å²) in [4.78, 5) is 0. The van der Waals surface area contributed by atoms with Crippen molar-refractivity contribution < 1.29 is 19.3 Å². The Morgan fingerprint density at radius 3 is 2.10 bits per heavy atom. The Balaban J connectivity index is 1.99. The summed E-state index contributed by atoms with van der Waals surface area (Å²) >= 11 is 0. The molecule has 0 fully saturated rings. The summed E-state index contributed by atoms with van der Waals surface area (Å²) < 4.78 is 17.1. The maximum Gasteiger partial charge on any atom is 0.161 e. The molecule has 1 N–H and O–H groups in total. The summed E-state index contributed by atoms with van der Waals surface area (Å²) in [6.07, 6.45) is 2.03. The van der Waals surface area contributed by atoms with Crippen molar-refractivity contribution in [2.24, 2.45) is 0 Å². The molecule has 3 aromatic rings. The SMILES string of the molecule is COc1cc(-c2cc(C)c(-c3ccc(O)cc3)cc2OC)ccc1OCC=C(C)C. The van der Waals surface area contributed by atoms with E-state index in [4.69, 9.17) is 14.2 Å². The van der Waals surface area contributed by atoms with E-state index in [0.717, 1.165) is 33.6 Å². The summed E-state index contributed by atoms with van der Waals surface area (Å²) in [7, 11) is 3.31. The number of rotatable bonds is 7. The Kier molecular flexibility index (Phi) is 6.68. The van der Waals surface area contributed by atoms with Gasteiger partial charge < -0.3 is 19.3 Å². The number of allylic oxidation sites excluding steroid dienone is 1. The molecule has 0 unspecified atom stereocenters. The van der Waals surface area contributed by atoms with Crippen LogP contribution < -0.4 is 14.2 Å². The minimum Gasteiger partial charge on any atom is -0.508 e. The third-order valence-electron chi connectivity index (χ3n) is 4.93. The second kappa shape index (κ2) is 9.40. The van der Waals surface area contributed by atoms with Crippen LogP contribution in [0.3, 0.4) is 0 Å². The fraction of sp³-hybridized carbons (Fsp3) is 0.231. The molecular weight excluding hydrogens is 376 g/mol. The standard InChI is InChI=1S/C26H28O4/c1-17(2)12-13-30-24-11-8-20(15-26(24)29-5)23-14-18(3)22(16-25(23)28-4)19-6-9-21(27)10-7-19/h6-12,14-16,27H,13H2,1-5H3. The molecule has 0 bridgehead atoms. The number of aromatic hydroxyl groups is 1. The predicted molar refractivity (Wildman–Crippen MR) is 122 cm³/mol. The van der Waals surface area contributed by atoms with Crippen LogP contribution in [-0.4, -0.2) is 25.9 Å². The second-order valence-corrected chi connectivity index (χ2v) is 7.37. The fourth-order valence-corrected chi connectivity index (χ4v) is 3.29. The molecule has 0 aliphatic carbocycles. The molecule has 0 aliphatic rings. The summed E-state index contributed by atoms with van der Waals surface area (Å²) in [5.74, 6) is 2.40. The number of ether oxygens (including phenoxy) is 3. The molecule has 0 spiro atoms. The van der Waals surface area contributed by atoms with Crippen LogP contribution in [0, 0.1) is 6.92 Å². The number of phenolic OH excluding ortho intramolecular Hbond substituents is 1. The van der Waals surface area contributed by atoms with Gasteiger partial charge in [0.2, 0.25) is 0 Å². The highest BCUT2D eigenvalue weighted by atomic mass is 16.5. The van der Waals surface area contributed by atoms with E-state index >= 15 is 0 Å². The molecule has 4 heteroatoms. The van der Waals surface area contributed by atoms with E-state index in [-0.39, 0.29) is 5.75 Å². The summed E-state index contributed by atoms with van der Waals surface area (Å²) in [5.41, 5.74) is 6.36. The molecule has 0 aliphatic heterocycles. The number of methoxy groups -OCH3 is 2. The van der Waals surface area contributed by atoms with Crippen molar-refractivity contribution in [1.82, 2.24) is 0 Å². The Morgan fingerprint density at radius 2 is 1.47 bits per heavy atom. The van der Waals surface area contributed by atoms with Crippen LogP contribution in [-0.2, 0) is 0 Å². The molecule has 3 rings (SSSR count). The van der Waals surface area contributed by atoms with Crippen molar-refractivity contribution in [3.05, 3.63) is 71.8 Å². The third-order valence-corrected chi connectivity index (χ3v) is 4.93. The first-order valence-corrected chi connectivity index (χ1v) is 9.85. The quantitative estimate of drug-likeness (QED) is 0.463. The van der Waals surface area contributed by atoms with Gasteiger partial charge in [-0.05, 0) is 85.5 Å². The summed E-state index contributed by atoms with van der Waals surface area (Å²) in [5, 5.41) is 9.57. The van der Waals surface area contributed by atoms with Crippen molar-refractivity contribution in [3.63, 3.8) is 0 Å². The summed E-state index contributed by atoms with van der Waals surface area (Å²) in [6.45, 7) is 6.65. The molecule has 0 saturated heterocycles. The highest BCUT2D eigenvalue weighted by molar-refractivity contribution is 5.80. The second-order valence-electron chi connectivity index (χ2n) is 7.37. The molecule has 0 radical (unpaired) electrons. The van der Waals surface area contributed by atoms with Crippen LogP contribution in [0.1, 0.15) is 19.4 Å². The van der Waals surface area contributed by atoms with Gasteiger partial charge in [-0.25, -0.2) is 0 Å². The zero-order valence-electron chi connectivity index (χ0n) is 18.2. The van der Waals surface area contributed by atoms with Gasteiger partial charge in [-0.1, -0.05) is 23.8 Å². The van der Waals surface area contributed by atoms with E-state index in [0.29, 0.717) is 18.1 Å². The van der Waals surface area contributed by atoms with Gasteiger partial charge in [-0.15, -0.1) is 0 Å². The Labute approximate surface area is 178 Å². The van der Waals surface area contributed by atoms with E-state index in [1.54, 1.807) is 26.4 Å². The van der Waals surface area contributed by atoms with Crippen molar-refractivity contribution in [2.45, 2.75) is 20.8 Å². The number of phenols is 1. The lowest BCUT2D eigenvalue weighted by Gasteiger charge is -2.16. The highest BCUT2D eigenvalue weighted by Gasteiger charge is 2.14. The van der Waals surface area contributed by atoms with E-state index in [1.165, 1.54) is 5.57 Å². The van der Waals surface area contributed by atoms with Crippen LogP contribution in [0.2, 0.25) is 0 Å². The number of hydrogen-bond donors (Lipinski definition) is 1. The molecule has 0 amide bonds. The van der Waals surface area contributed by atoms with Crippen LogP contribution in [0.25, 0.3) is 22.3 Å². The van der Waals surface area contributed by atoms with Gasteiger partial charge >= 0.3 is 0 Å². The van der Waals surface area contributed by atoms with E-state index in [1.807, 2.05) is 56.3 Å². The smallest absolute Gasteiger partial charge is 0.161 e. The zero-order chi connectivity index (χ0) is 21.7. The predicted octanol–water partition coefficient (Wildman–Crippen LogP) is 6.40. The molecule has 0 aromatic heterocycles. The topological polar surface area (TPSA) is 47.9 Å². The normalized spacial score (nSPS) is 10.4. The number of benzene rings is 3. The van der Waals surface area contributed by atoms with Crippen molar-refractivity contribution in [3.8, 4) is 45.3 Å². The molecular formula is C26H28O4. The molecule has 3 aromatic carbocycles. The van der Waals surface area contributed by atoms with Crippen molar-refractivity contribution in [2.75, 3.05) is 20.8 Å². The van der Waals surface area contributed by atoms with Gasteiger partial charge in [0, 0.05) is 5.56 Å². The van der Waals surface area contributed by atoms with Crippen molar-refractivity contribution >= 4 is 0 Å². The van der Waals surface area contributed by atoms with Crippen LogP contribution in [0.15, 0.2) is 66.2 Å². The molecule has 0 heterocycles. The average molecular weight is 405 g/mol. The minimum atomic E-state index is 0.249.